The maximum Gasteiger partial charge on any atom is 0.336 e. The number of nitrogens with zero attached hydrogens (tertiary/aromatic N) is 2. The van der Waals surface area contributed by atoms with Crippen molar-refractivity contribution < 1.29 is 23.5 Å². The minimum atomic E-state index is -0.517. The standard InChI is InChI=1S/C21H19BrN2O5/c1-13-16(14(2)29-24-13)12-27-17-8-6-15(11-19(17)26-3)7-9-20(25)28-18-5-4-10-23-21(18)22/h4-11H,12H2,1-3H3. The first-order valence-electron chi connectivity index (χ1n) is 8.71. The first-order chi connectivity index (χ1) is 14.0. The van der Waals surface area contributed by atoms with Crippen molar-refractivity contribution in [2.45, 2.75) is 20.5 Å². The molecule has 0 aliphatic heterocycles. The van der Waals surface area contributed by atoms with E-state index in [0.717, 1.165) is 22.6 Å². The van der Waals surface area contributed by atoms with Crippen LogP contribution in [0.25, 0.3) is 6.08 Å². The Labute approximate surface area is 176 Å². The van der Waals surface area contributed by atoms with Gasteiger partial charge in [-0.25, -0.2) is 9.78 Å². The number of halogens is 1. The molecule has 0 saturated heterocycles. The van der Waals surface area contributed by atoms with Crippen LogP contribution >= 0.6 is 15.9 Å². The Morgan fingerprint density at radius 2 is 2.03 bits per heavy atom. The number of benzene rings is 1. The summed E-state index contributed by atoms with van der Waals surface area (Å²) in [6, 6.07) is 8.70. The minimum absolute atomic E-state index is 0.318. The zero-order valence-electron chi connectivity index (χ0n) is 16.1. The highest BCUT2D eigenvalue weighted by atomic mass is 79.9. The average Bonchev–Trinajstić information content (AvgIpc) is 3.04. The summed E-state index contributed by atoms with van der Waals surface area (Å²) >= 11 is 3.23. The van der Waals surface area contributed by atoms with E-state index in [0.29, 0.717) is 28.5 Å². The molecule has 2 heterocycles. The van der Waals surface area contributed by atoms with Gasteiger partial charge < -0.3 is 18.7 Å². The van der Waals surface area contributed by atoms with Crippen LogP contribution in [-0.2, 0) is 11.4 Å². The number of carbonyl (C=O) groups is 1. The molecule has 3 rings (SSSR count). The van der Waals surface area contributed by atoms with E-state index in [1.165, 1.54) is 6.08 Å². The van der Waals surface area contributed by atoms with E-state index in [1.807, 2.05) is 19.9 Å². The number of ether oxygens (including phenoxy) is 3. The Kier molecular flexibility index (Phi) is 6.66. The van der Waals surface area contributed by atoms with Gasteiger partial charge in [0.2, 0.25) is 0 Å². The van der Waals surface area contributed by atoms with Crippen LogP contribution in [-0.4, -0.2) is 23.2 Å². The number of pyridine rings is 1. The highest BCUT2D eigenvalue weighted by molar-refractivity contribution is 9.10. The summed E-state index contributed by atoms with van der Waals surface area (Å²) in [7, 11) is 1.56. The summed E-state index contributed by atoms with van der Waals surface area (Å²) in [5.74, 6) is 1.67. The second kappa shape index (κ2) is 9.38. The first kappa shape index (κ1) is 20.6. The lowest BCUT2D eigenvalue weighted by atomic mass is 10.2. The summed E-state index contributed by atoms with van der Waals surface area (Å²) in [5, 5.41) is 3.92. The first-order valence-corrected chi connectivity index (χ1v) is 9.50. The predicted molar refractivity (Wildman–Crippen MR) is 110 cm³/mol. The van der Waals surface area contributed by atoms with Gasteiger partial charge in [0.1, 0.15) is 17.0 Å². The third-order valence-corrected chi connectivity index (χ3v) is 4.68. The van der Waals surface area contributed by atoms with Gasteiger partial charge in [-0.05, 0) is 65.7 Å². The minimum Gasteiger partial charge on any atom is -0.493 e. The van der Waals surface area contributed by atoms with Crippen molar-refractivity contribution in [2.24, 2.45) is 0 Å². The van der Waals surface area contributed by atoms with E-state index in [9.17, 15) is 4.79 Å². The molecule has 0 saturated carbocycles. The molecule has 0 amide bonds. The van der Waals surface area contributed by atoms with Crippen molar-refractivity contribution in [1.29, 1.82) is 0 Å². The van der Waals surface area contributed by atoms with Crippen LogP contribution in [0.15, 0.2) is 51.7 Å². The molecule has 0 unspecified atom stereocenters. The van der Waals surface area contributed by atoms with E-state index in [4.69, 9.17) is 18.7 Å². The average molecular weight is 459 g/mol. The number of rotatable bonds is 7. The van der Waals surface area contributed by atoms with Crippen LogP contribution in [0.5, 0.6) is 17.2 Å². The third kappa shape index (κ3) is 5.23. The van der Waals surface area contributed by atoms with Crippen LogP contribution < -0.4 is 14.2 Å². The molecule has 2 aromatic heterocycles. The lowest BCUT2D eigenvalue weighted by Gasteiger charge is -2.11. The molecule has 0 aliphatic rings. The molecule has 8 heteroatoms. The van der Waals surface area contributed by atoms with Crippen LogP contribution in [0.1, 0.15) is 22.6 Å². The number of hydrogen-bond donors (Lipinski definition) is 0. The molecule has 0 radical (unpaired) electrons. The molecule has 3 aromatic rings. The van der Waals surface area contributed by atoms with Crippen LogP contribution in [0.3, 0.4) is 0 Å². The van der Waals surface area contributed by atoms with E-state index in [1.54, 1.807) is 43.6 Å². The lowest BCUT2D eigenvalue weighted by molar-refractivity contribution is -0.128. The summed E-state index contributed by atoms with van der Waals surface area (Å²) in [6.45, 7) is 4.02. The van der Waals surface area contributed by atoms with E-state index >= 15 is 0 Å². The van der Waals surface area contributed by atoms with Crippen molar-refractivity contribution in [3.8, 4) is 17.2 Å². The Balaban J connectivity index is 1.67. The molecule has 0 fully saturated rings. The number of aryl methyl sites for hydroxylation is 2. The molecule has 0 bridgehead atoms. The normalized spacial score (nSPS) is 10.9. The van der Waals surface area contributed by atoms with E-state index in [-0.39, 0.29) is 0 Å². The largest absolute Gasteiger partial charge is 0.493 e. The molecular weight excluding hydrogens is 440 g/mol. The molecule has 7 nitrogen and oxygen atoms in total. The van der Waals surface area contributed by atoms with Gasteiger partial charge in [-0.3, -0.25) is 0 Å². The van der Waals surface area contributed by atoms with Crippen molar-refractivity contribution in [3.05, 3.63) is 69.8 Å². The molecule has 0 spiro atoms. The van der Waals surface area contributed by atoms with Crippen molar-refractivity contribution >= 4 is 28.0 Å². The zero-order chi connectivity index (χ0) is 20.8. The SMILES string of the molecule is COc1cc(C=CC(=O)Oc2cccnc2Br)ccc1OCc1c(C)noc1C. The van der Waals surface area contributed by atoms with Gasteiger partial charge in [0, 0.05) is 12.3 Å². The fourth-order valence-corrected chi connectivity index (χ4v) is 2.85. The molecule has 0 aliphatic carbocycles. The summed E-state index contributed by atoms with van der Waals surface area (Å²) in [6.07, 6.45) is 4.56. The van der Waals surface area contributed by atoms with Gasteiger partial charge >= 0.3 is 5.97 Å². The van der Waals surface area contributed by atoms with Gasteiger partial charge in [0.15, 0.2) is 17.2 Å². The predicted octanol–water partition coefficient (Wildman–Crippen LogP) is 4.66. The van der Waals surface area contributed by atoms with Crippen LogP contribution in [0, 0.1) is 13.8 Å². The number of hydrogen-bond acceptors (Lipinski definition) is 7. The van der Waals surface area contributed by atoms with E-state index < -0.39 is 5.97 Å². The van der Waals surface area contributed by atoms with Crippen molar-refractivity contribution in [1.82, 2.24) is 10.1 Å². The van der Waals surface area contributed by atoms with Crippen molar-refractivity contribution in [2.75, 3.05) is 7.11 Å². The Bertz CT molecular complexity index is 1030. The maximum absolute atomic E-state index is 12.0. The number of esters is 1. The molecular formula is C21H19BrN2O5. The zero-order valence-corrected chi connectivity index (χ0v) is 17.7. The molecule has 1 aromatic carbocycles. The number of aromatic nitrogens is 2. The Hall–Kier alpha value is -3.13. The third-order valence-electron chi connectivity index (χ3n) is 4.09. The number of methoxy groups -OCH3 is 1. The van der Waals surface area contributed by atoms with Gasteiger partial charge in [0.05, 0.1) is 18.4 Å². The molecule has 0 N–H and O–H groups in total. The lowest BCUT2D eigenvalue weighted by Crippen LogP contribution is -2.04. The second-order valence-corrected chi connectivity index (χ2v) is 6.80. The fraction of sp³-hybridized carbons (Fsp3) is 0.190. The maximum atomic E-state index is 12.0. The molecule has 150 valence electrons. The topological polar surface area (TPSA) is 83.7 Å². The summed E-state index contributed by atoms with van der Waals surface area (Å²) in [5.41, 5.74) is 2.45. The second-order valence-electron chi connectivity index (χ2n) is 6.05. The van der Waals surface area contributed by atoms with Gasteiger partial charge in [0.25, 0.3) is 0 Å². The van der Waals surface area contributed by atoms with Crippen molar-refractivity contribution in [3.63, 3.8) is 0 Å². The number of carbonyl (C=O) groups excluding carboxylic acids is 1. The quantitative estimate of drug-likeness (QED) is 0.289. The van der Waals surface area contributed by atoms with Gasteiger partial charge in [-0.15, -0.1) is 0 Å². The fourth-order valence-electron chi connectivity index (χ4n) is 2.52. The van der Waals surface area contributed by atoms with Crippen LogP contribution in [0.4, 0.5) is 0 Å². The van der Waals surface area contributed by atoms with Crippen LogP contribution in [0.2, 0.25) is 0 Å². The van der Waals surface area contributed by atoms with E-state index in [2.05, 4.69) is 26.1 Å². The molecule has 29 heavy (non-hydrogen) atoms. The molecule has 0 atom stereocenters. The highest BCUT2D eigenvalue weighted by Gasteiger charge is 2.12. The van der Waals surface area contributed by atoms with Gasteiger partial charge in [-0.2, -0.15) is 0 Å². The van der Waals surface area contributed by atoms with Gasteiger partial charge in [-0.1, -0.05) is 11.2 Å². The smallest absolute Gasteiger partial charge is 0.336 e. The summed E-state index contributed by atoms with van der Waals surface area (Å²) < 4.78 is 22.1. The Morgan fingerprint density at radius 3 is 2.72 bits per heavy atom. The highest BCUT2D eigenvalue weighted by Crippen LogP contribution is 2.30. The summed E-state index contributed by atoms with van der Waals surface area (Å²) in [4.78, 5) is 16.0. The Morgan fingerprint density at radius 1 is 1.21 bits per heavy atom. The monoisotopic (exact) mass is 458 g/mol.